The second-order valence-corrected chi connectivity index (χ2v) is 5.81. The van der Waals surface area contributed by atoms with Crippen molar-refractivity contribution in [3.8, 4) is 11.5 Å². The number of rotatable bonds is 4. The van der Waals surface area contributed by atoms with Gasteiger partial charge in [0.1, 0.15) is 6.26 Å². The molecule has 0 spiro atoms. The molecule has 1 N–H and O–H groups in total. The molecule has 0 amide bonds. The van der Waals surface area contributed by atoms with Crippen LogP contribution in [-0.4, -0.2) is 34.2 Å². The van der Waals surface area contributed by atoms with Crippen LogP contribution in [0.15, 0.2) is 34.9 Å². The molecule has 1 aromatic heterocycles. The SMILES string of the molecule is Cc1ccc(-c2nc(CN3CCCCC3CO)co2)cc1. The van der Waals surface area contributed by atoms with Gasteiger partial charge < -0.3 is 9.52 Å². The monoisotopic (exact) mass is 286 g/mol. The van der Waals surface area contributed by atoms with Gasteiger partial charge in [0.15, 0.2) is 0 Å². The Morgan fingerprint density at radius 1 is 1.29 bits per heavy atom. The molecule has 0 bridgehead atoms. The summed E-state index contributed by atoms with van der Waals surface area (Å²) >= 11 is 0. The van der Waals surface area contributed by atoms with Crippen molar-refractivity contribution >= 4 is 0 Å². The number of oxazole rings is 1. The molecular formula is C17H22N2O2. The van der Waals surface area contributed by atoms with Crippen LogP contribution in [0, 0.1) is 6.92 Å². The van der Waals surface area contributed by atoms with E-state index in [1.165, 1.54) is 18.4 Å². The Bertz CT molecular complexity index is 577. The predicted molar refractivity (Wildman–Crippen MR) is 81.8 cm³/mol. The summed E-state index contributed by atoms with van der Waals surface area (Å²) in [5.41, 5.74) is 3.17. The lowest BCUT2D eigenvalue weighted by atomic mass is 10.0. The Morgan fingerprint density at radius 3 is 2.86 bits per heavy atom. The molecule has 2 heterocycles. The number of piperidine rings is 1. The molecular weight excluding hydrogens is 264 g/mol. The van der Waals surface area contributed by atoms with Crippen LogP contribution in [0.1, 0.15) is 30.5 Å². The summed E-state index contributed by atoms with van der Waals surface area (Å²) in [6.07, 6.45) is 5.20. The Hall–Kier alpha value is -1.65. The van der Waals surface area contributed by atoms with E-state index in [1.54, 1.807) is 6.26 Å². The molecule has 4 heteroatoms. The molecule has 1 saturated heterocycles. The third-order valence-electron chi connectivity index (χ3n) is 4.18. The van der Waals surface area contributed by atoms with E-state index < -0.39 is 0 Å². The lowest BCUT2D eigenvalue weighted by Crippen LogP contribution is -2.41. The second kappa shape index (κ2) is 6.41. The van der Waals surface area contributed by atoms with Crippen molar-refractivity contribution in [2.24, 2.45) is 0 Å². The molecule has 112 valence electrons. The Kier molecular flexibility index (Phi) is 4.36. The largest absolute Gasteiger partial charge is 0.444 e. The van der Waals surface area contributed by atoms with E-state index in [2.05, 4.69) is 28.9 Å². The highest BCUT2D eigenvalue weighted by molar-refractivity contribution is 5.53. The second-order valence-electron chi connectivity index (χ2n) is 5.81. The lowest BCUT2D eigenvalue weighted by Gasteiger charge is -2.33. The number of likely N-dealkylation sites (tertiary alicyclic amines) is 1. The Morgan fingerprint density at radius 2 is 2.10 bits per heavy atom. The summed E-state index contributed by atoms with van der Waals surface area (Å²) in [6, 6.07) is 8.44. The molecule has 1 fully saturated rings. The van der Waals surface area contributed by atoms with Crippen molar-refractivity contribution in [3.05, 3.63) is 41.8 Å². The molecule has 2 aromatic rings. The highest BCUT2D eigenvalue weighted by Gasteiger charge is 2.22. The summed E-state index contributed by atoms with van der Waals surface area (Å²) in [7, 11) is 0. The van der Waals surface area contributed by atoms with Crippen LogP contribution in [0.2, 0.25) is 0 Å². The van der Waals surface area contributed by atoms with Gasteiger partial charge in [0.05, 0.1) is 12.3 Å². The van der Waals surface area contributed by atoms with Gasteiger partial charge in [-0.05, 0) is 38.4 Å². The van der Waals surface area contributed by atoms with Gasteiger partial charge in [-0.3, -0.25) is 4.90 Å². The van der Waals surface area contributed by atoms with E-state index in [1.807, 2.05) is 12.1 Å². The Balaban J connectivity index is 1.71. The normalized spacial score (nSPS) is 19.8. The number of hydrogen-bond acceptors (Lipinski definition) is 4. The van der Waals surface area contributed by atoms with Gasteiger partial charge in [0, 0.05) is 18.2 Å². The average Bonchev–Trinajstić information content (AvgIpc) is 2.97. The van der Waals surface area contributed by atoms with E-state index in [4.69, 9.17) is 4.42 Å². The predicted octanol–water partition coefficient (Wildman–Crippen LogP) is 3.00. The summed E-state index contributed by atoms with van der Waals surface area (Å²) < 4.78 is 5.60. The number of aryl methyl sites for hydroxylation is 1. The topological polar surface area (TPSA) is 49.5 Å². The molecule has 0 saturated carbocycles. The van der Waals surface area contributed by atoms with Gasteiger partial charge in [0.25, 0.3) is 0 Å². The summed E-state index contributed by atoms with van der Waals surface area (Å²) in [5, 5.41) is 9.46. The molecule has 1 aromatic carbocycles. The number of aliphatic hydroxyl groups excluding tert-OH is 1. The smallest absolute Gasteiger partial charge is 0.226 e. The van der Waals surface area contributed by atoms with Crippen molar-refractivity contribution in [1.29, 1.82) is 0 Å². The maximum absolute atomic E-state index is 9.46. The lowest BCUT2D eigenvalue weighted by molar-refractivity contribution is 0.0830. The molecule has 1 aliphatic heterocycles. The van der Waals surface area contributed by atoms with Crippen LogP contribution in [0.5, 0.6) is 0 Å². The number of nitrogens with zero attached hydrogens (tertiary/aromatic N) is 2. The average molecular weight is 286 g/mol. The fraction of sp³-hybridized carbons (Fsp3) is 0.471. The first-order valence-electron chi connectivity index (χ1n) is 7.62. The van der Waals surface area contributed by atoms with Crippen LogP contribution in [0.3, 0.4) is 0 Å². The minimum absolute atomic E-state index is 0.225. The van der Waals surface area contributed by atoms with Gasteiger partial charge in [-0.2, -0.15) is 0 Å². The first kappa shape index (κ1) is 14.3. The van der Waals surface area contributed by atoms with Gasteiger partial charge in [-0.15, -0.1) is 0 Å². The van der Waals surface area contributed by atoms with Gasteiger partial charge in [0.2, 0.25) is 5.89 Å². The fourth-order valence-electron chi connectivity index (χ4n) is 2.89. The van der Waals surface area contributed by atoms with E-state index in [9.17, 15) is 5.11 Å². The third kappa shape index (κ3) is 3.34. The quantitative estimate of drug-likeness (QED) is 0.938. The first-order chi connectivity index (χ1) is 10.3. The van der Waals surface area contributed by atoms with Crippen LogP contribution >= 0.6 is 0 Å². The van der Waals surface area contributed by atoms with Crippen molar-refractivity contribution in [1.82, 2.24) is 9.88 Å². The van der Waals surface area contributed by atoms with Crippen LogP contribution < -0.4 is 0 Å². The van der Waals surface area contributed by atoms with E-state index in [0.717, 1.165) is 30.8 Å². The maximum atomic E-state index is 9.46. The molecule has 0 aliphatic carbocycles. The maximum Gasteiger partial charge on any atom is 0.226 e. The zero-order valence-corrected chi connectivity index (χ0v) is 12.5. The fourth-order valence-corrected chi connectivity index (χ4v) is 2.89. The van der Waals surface area contributed by atoms with Crippen LogP contribution in [0.25, 0.3) is 11.5 Å². The molecule has 1 unspecified atom stereocenters. The zero-order valence-electron chi connectivity index (χ0n) is 12.5. The number of aliphatic hydroxyl groups is 1. The highest BCUT2D eigenvalue weighted by Crippen LogP contribution is 2.22. The molecule has 21 heavy (non-hydrogen) atoms. The van der Waals surface area contributed by atoms with E-state index in [-0.39, 0.29) is 12.6 Å². The van der Waals surface area contributed by atoms with Crippen molar-refractivity contribution in [3.63, 3.8) is 0 Å². The van der Waals surface area contributed by atoms with Crippen LogP contribution in [-0.2, 0) is 6.54 Å². The number of benzene rings is 1. The molecule has 3 rings (SSSR count). The van der Waals surface area contributed by atoms with Gasteiger partial charge in [-0.1, -0.05) is 24.1 Å². The van der Waals surface area contributed by atoms with Crippen molar-refractivity contribution in [2.75, 3.05) is 13.2 Å². The highest BCUT2D eigenvalue weighted by atomic mass is 16.3. The first-order valence-corrected chi connectivity index (χ1v) is 7.62. The minimum Gasteiger partial charge on any atom is -0.444 e. The van der Waals surface area contributed by atoms with E-state index >= 15 is 0 Å². The summed E-state index contributed by atoms with van der Waals surface area (Å²) in [4.78, 5) is 6.89. The summed E-state index contributed by atoms with van der Waals surface area (Å²) in [6.45, 7) is 4.07. The zero-order chi connectivity index (χ0) is 14.7. The standard InChI is InChI=1S/C17H22N2O2/c1-13-5-7-14(8-6-13)17-18-15(12-21-17)10-19-9-3-2-4-16(19)11-20/h5-8,12,16,20H,2-4,9-11H2,1H3. The molecule has 4 nitrogen and oxygen atoms in total. The minimum atomic E-state index is 0.225. The number of aromatic nitrogens is 1. The summed E-state index contributed by atoms with van der Waals surface area (Å²) in [5.74, 6) is 0.669. The van der Waals surface area contributed by atoms with Gasteiger partial charge >= 0.3 is 0 Å². The van der Waals surface area contributed by atoms with Crippen LogP contribution in [0.4, 0.5) is 0 Å². The third-order valence-corrected chi connectivity index (χ3v) is 4.18. The van der Waals surface area contributed by atoms with Crippen molar-refractivity contribution < 1.29 is 9.52 Å². The van der Waals surface area contributed by atoms with E-state index in [0.29, 0.717) is 5.89 Å². The molecule has 0 radical (unpaired) electrons. The van der Waals surface area contributed by atoms with Gasteiger partial charge in [-0.25, -0.2) is 4.98 Å². The Labute approximate surface area is 125 Å². The molecule has 1 aliphatic rings. The number of hydrogen-bond donors (Lipinski definition) is 1. The molecule has 1 atom stereocenters. The van der Waals surface area contributed by atoms with Crippen molar-refractivity contribution in [2.45, 2.75) is 38.8 Å².